The number of carbonyl (C=O) groups is 2. The third-order valence-corrected chi connectivity index (χ3v) is 16.5. The van der Waals surface area contributed by atoms with Crippen LogP contribution in [0.15, 0.2) is 24.3 Å². The molecular formula is C71H137NO5. The first-order valence-corrected chi connectivity index (χ1v) is 35.1. The summed E-state index contributed by atoms with van der Waals surface area (Å²) in [5, 5.41) is 23.4. The molecule has 0 heterocycles. The van der Waals surface area contributed by atoms with Crippen LogP contribution in [-0.4, -0.2) is 47.4 Å². The SMILES string of the molecule is CCCCCC/C=C\C/C=C\CCCCCCCCCC(=O)OCCCCCCCCCCCCCCCCCCCCC(=O)NC(CO)C(O)CCCCCCCCCCCCCCCCCCCCCCCCCC. The van der Waals surface area contributed by atoms with Crippen LogP contribution in [0.3, 0.4) is 0 Å². The van der Waals surface area contributed by atoms with Crippen LogP contribution < -0.4 is 5.32 Å². The van der Waals surface area contributed by atoms with E-state index in [1.165, 1.54) is 308 Å². The summed E-state index contributed by atoms with van der Waals surface area (Å²) >= 11 is 0. The van der Waals surface area contributed by atoms with E-state index in [1.54, 1.807) is 0 Å². The first-order valence-electron chi connectivity index (χ1n) is 35.1. The Labute approximate surface area is 481 Å². The van der Waals surface area contributed by atoms with Gasteiger partial charge in [-0.2, -0.15) is 0 Å². The lowest BCUT2D eigenvalue weighted by molar-refractivity contribution is -0.143. The molecule has 0 aliphatic heterocycles. The van der Waals surface area contributed by atoms with Crippen LogP contribution in [0.25, 0.3) is 0 Å². The Morgan fingerprint density at radius 1 is 0.364 bits per heavy atom. The van der Waals surface area contributed by atoms with Gasteiger partial charge in [-0.05, 0) is 57.8 Å². The second kappa shape index (κ2) is 66.8. The van der Waals surface area contributed by atoms with Crippen LogP contribution in [0.4, 0.5) is 0 Å². The number of amides is 1. The van der Waals surface area contributed by atoms with Crippen molar-refractivity contribution in [2.24, 2.45) is 0 Å². The number of hydrogen-bond donors (Lipinski definition) is 3. The van der Waals surface area contributed by atoms with E-state index in [4.69, 9.17) is 4.74 Å². The van der Waals surface area contributed by atoms with E-state index < -0.39 is 12.1 Å². The molecule has 0 saturated heterocycles. The van der Waals surface area contributed by atoms with Crippen LogP contribution in [0, 0.1) is 0 Å². The molecule has 0 saturated carbocycles. The highest BCUT2D eigenvalue weighted by atomic mass is 16.5. The summed E-state index contributed by atoms with van der Waals surface area (Å²) in [6, 6.07) is -0.546. The van der Waals surface area contributed by atoms with Crippen molar-refractivity contribution < 1.29 is 24.5 Å². The number of aliphatic hydroxyl groups is 2. The standard InChI is InChI=1S/C71H137NO5/c1-3-5-7-9-11-13-15-17-19-21-23-24-25-26-27-28-31-35-39-43-47-51-55-59-63-69(74)68(67-73)72-70(75)64-60-56-52-48-44-40-36-32-29-30-34-38-42-46-50-54-58-62-66-77-71(76)65-61-57-53-49-45-41-37-33-22-20-18-16-14-12-10-8-6-4-2/h14,16,20,22,68-69,73-74H,3-13,15,17-19,21,23-67H2,1-2H3,(H,72,75)/b16-14-,22-20-. The zero-order chi connectivity index (χ0) is 55.7. The van der Waals surface area contributed by atoms with Crippen LogP contribution in [-0.2, 0) is 14.3 Å². The molecule has 0 aliphatic carbocycles. The predicted octanol–water partition coefficient (Wildman–Crippen LogP) is 22.5. The second-order valence-electron chi connectivity index (χ2n) is 24.2. The van der Waals surface area contributed by atoms with Crippen molar-refractivity contribution in [3.8, 4) is 0 Å². The Balaban J connectivity index is 3.40. The maximum absolute atomic E-state index is 12.6. The van der Waals surface area contributed by atoms with E-state index in [2.05, 4.69) is 43.5 Å². The minimum atomic E-state index is -0.669. The number of rotatable bonds is 66. The number of ether oxygens (including phenoxy) is 1. The molecule has 2 unspecified atom stereocenters. The fraction of sp³-hybridized carbons (Fsp3) is 0.915. The Morgan fingerprint density at radius 3 is 1.00 bits per heavy atom. The van der Waals surface area contributed by atoms with Crippen LogP contribution in [0.5, 0.6) is 0 Å². The van der Waals surface area contributed by atoms with Gasteiger partial charge >= 0.3 is 5.97 Å². The Hall–Kier alpha value is -1.66. The number of allylic oxidation sites excluding steroid dienone is 4. The first-order chi connectivity index (χ1) is 38.0. The lowest BCUT2D eigenvalue weighted by Crippen LogP contribution is -2.45. The molecule has 0 radical (unpaired) electrons. The maximum Gasteiger partial charge on any atom is 0.305 e. The quantitative estimate of drug-likeness (QED) is 0.0320. The molecule has 0 aliphatic rings. The summed E-state index contributed by atoms with van der Waals surface area (Å²) < 4.78 is 5.50. The molecule has 0 bridgehead atoms. The molecule has 456 valence electrons. The van der Waals surface area contributed by atoms with Gasteiger partial charge in [-0.15, -0.1) is 0 Å². The summed E-state index contributed by atoms with van der Waals surface area (Å²) in [5.74, 6) is -0.0332. The summed E-state index contributed by atoms with van der Waals surface area (Å²) in [6.07, 6.45) is 83.5. The number of aliphatic hydroxyl groups excluding tert-OH is 2. The highest BCUT2D eigenvalue weighted by Gasteiger charge is 2.20. The number of nitrogens with one attached hydrogen (secondary N) is 1. The van der Waals surface area contributed by atoms with E-state index in [-0.39, 0.29) is 18.5 Å². The minimum absolute atomic E-state index is 0.00125. The average Bonchev–Trinajstić information content (AvgIpc) is 3.43. The molecular weight excluding hydrogens is 947 g/mol. The number of carbonyl (C=O) groups excluding carboxylic acids is 2. The van der Waals surface area contributed by atoms with Crippen LogP contribution >= 0.6 is 0 Å². The van der Waals surface area contributed by atoms with Crippen molar-refractivity contribution in [3.63, 3.8) is 0 Å². The summed E-state index contributed by atoms with van der Waals surface area (Å²) in [5.41, 5.74) is 0. The predicted molar refractivity (Wildman–Crippen MR) is 338 cm³/mol. The number of hydrogen-bond acceptors (Lipinski definition) is 5. The smallest absolute Gasteiger partial charge is 0.305 e. The van der Waals surface area contributed by atoms with Crippen molar-refractivity contribution in [1.29, 1.82) is 0 Å². The summed E-state index contributed by atoms with van der Waals surface area (Å²) in [6.45, 7) is 4.96. The molecule has 0 fully saturated rings. The van der Waals surface area contributed by atoms with Gasteiger partial charge in [0, 0.05) is 12.8 Å². The average molecular weight is 1080 g/mol. The van der Waals surface area contributed by atoms with E-state index >= 15 is 0 Å². The van der Waals surface area contributed by atoms with Gasteiger partial charge in [0.05, 0.1) is 25.4 Å². The van der Waals surface area contributed by atoms with Crippen molar-refractivity contribution in [1.82, 2.24) is 5.32 Å². The normalized spacial score (nSPS) is 12.6. The zero-order valence-corrected chi connectivity index (χ0v) is 52.2. The monoisotopic (exact) mass is 1080 g/mol. The Kier molecular flexibility index (Phi) is 65.4. The van der Waals surface area contributed by atoms with Crippen molar-refractivity contribution in [2.75, 3.05) is 13.2 Å². The molecule has 1 amide bonds. The van der Waals surface area contributed by atoms with Crippen LogP contribution in [0.1, 0.15) is 393 Å². The van der Waals surface area contributed by atoms with Crippen LogP contribution in [0.2, 0.25) is 0 Å². The van der Waals surface area contributed by atoms with Crippen molar-refractivity contribution in [2.45, 2.75) is 405 Å². The molecule has 6 nitrogen and oxygen atoms in total. The van der Waals surface area contributed by atoms with E-state index in [9.17, 15) is 19.8 Å². The van der Waals surface area contributed by atoms with Gasteiger partial charge in [0.2, 0.25) is 5.91 Å². The molecule has 77 heavy (non-hydrogen) atoms. The van der Waals surface area contributed by atoms with E-state index in [0.29, 0.717) is 25.9 Å². The summed E-state index contributed by atoms with van der Waals surface area (Å²) in [4.78, 5) is 24.7. The zero-order valence-electron chi connectivity index (χ0n) is 52.2. The van der Waals surface area contributed by atoms with E-state index in [0.717, 1.165) is 51.4 Å². The van der Waals surface area contributed by atoms with Gasteiger partial charge in [0.1, 0.15) is 0 Å². The molecule has 0 rings (SSSR count). The number of unbranched alkanes of at least 4 members (excludes halogenated alkanes) is 51. The van der Waals surface area contributed by atoms with Crippen molar-refractivity contribution in [3.05, 3.63) is 24.3 Å². The lowest BCUT2D eigenvalue weighted by Gasteiger charge is -2.22. The lowest BCUT2D eigenvalue weighted by atomic mass is 10.0. The van der Waals surface area contributed by atoms with Gasteiger partial charge in [0.25, 0.3) is 0 Å². The molecule has 0 spiro atoms. The van der Waals surface area contributed by atoms with Crippen molar-refractivity contribution >= 4 is 11.9 Å². The molecule has 0 aromatic rings. The first kappa shape index (κ1) is 75.3. The fourth-order valence-electron chi connectivity index (χ4n) is 11.1. The highest BCUT2D eigenvalue weighted by Crippen LogP contribution is 2.19. The summed E-state index contributed by atoms with van der Waals surface area (Å²) in [7, 11) is 0. The van der Waals surface area contributed by atoms with Gasteiger partial charge in [-0.1, -0.05) is 346 Å². The maximum atomic E-state index is 12.6. The Bertz CT molecular complexity index is 1200. The molecule has 0 aromatic carbocycles. The van der Waals surface area contributed by atoms with E-state index in [1.807, 2.05) is 0 Å². The highest BCUT2D eigenvalue weighted by molar-refractivity contribution is 5.76. The topological polar surface area (TPSA) is 95.9 Å². The third kappa shape index (κ3) is 63.4. The van der Waals surface area contributed by atoms with Gasteiger partial charge in [-0.3, -0.25) is 9.59 Å². The second-order valence-corrected chi connectivity index (χ2v) is 24.2. The van der Waals surface area contributed by atoms with Gasteiger partial charge in [0.15, 0.2) is 0 Å². The molecule has 0 aromatic heterocycles. The molecule has 3 N–H and O–H groups in total. The minimum Gasteiger partial charge on any atom is -0.466 e. The Morgan fingerprint density at radius 2 is 0.649 bits per heavy atom. The molecule has 6 heteroatoms. The van der Waals surface area contributed by atoms with Gasteiger partial charge < -0.3 is 20.3 Å². The fourth-order valence-corrected chi connectivity index (χ4v) is 11.1. The largest absolute Gasteiger partial charge is 0.466 e. The van der Waals surface area contributed by atoms with Gasteiger partial charge in [-0.25, -0.2) is 0 Å². The molecule has 2 atom stereocenters. The number of esters is 1. The third-order valence-electron chi connectivity index (χ3n) is 16.5.